The molecule has 10 heteroatoms. The van der Waals surface area contributed by atoms with E-state index < -0.39 is 0 Å². The van der Waals surface area contributed by atoms with E-state index in [-0.39, 0.29) is 69.7 Å². The largest absolute Gasteiger partial charge is 0.493 e. The SMILES string of the molecule is CCOc1c2cc(C(C)(C)C)cc1Cc1cc(C(C)(C)C)cc3c1OCCOCCOc1c4cc(C(C)(C)C)cc1Cc1cc(C(C)(C)C)cc(c1OCC)Cc1cc(C(C)(C)C)cc(c1OCCOCCOc1c(cc(C(C)(C)C)cc1Cc1cc(C(C)(C)C)cc(c1OCC)C4)C2)Cc1cc(C(C)(C)C)cc(c1OCC)C3. The Balaban J connectivity index is 1.35. The van der Waals surface area contributed by atoms with Gasteiger partial charge in [0.2, 0.25) is 0 Å². The lowest BCUT2D eigenvalue weighted by atomic mass is 9.79. The number of hydrogen-bond donors (Lipinski definition) is 0. The molecule has 0 saturated heterocycles. The van der Waals surface area contributed by atoms with Gasteiger partial charge in [0, 0.05) is 51.4 Å². The third-order valence-corrected chi connectivity index (χ3v) is 23.0. The van der Waals surface area contributed by atoms with Crippen LogP contribution >= 0.6 is 0 Å². The van der Waals surface area contributed by atoms with Crippen LogP contribution in [-0.2, 0) is 104 Å². The van der Waals surface area contributed by atoms with Gasteiger partial charge in [-0.2, -0.15) is 0 Å². The summed E-state index contributed by atoms with van der Waals surface area (Å²) in [5.74, 6) is 6.90. The summed E-state index contributed by atoms with van der Waals surface area (Å²) in [4.78, 5) is 0. The quantitative estimate of drug-likeness (QED) is 0.137. The molecule has 4 heterocycles. The first-order valence-electron chi connectivity index (χ1n) is 42.8. The summed E-state index contributed by atoms with van der Waals surface area (Å²) in [6, 6.07) is 38.6. The Kier molecular flexibility index (Phi) is 26.2. The molecule has 0 radical (unpaired) electrons. The number of ether oxygens (including phenoxy) is 10. The maximum Gasteiger partial charge on any atom is 0.126 e. The fourth-order valence-electron chi connectivity index (χ4n) is 16.3. The van der Waals surface area contributed by atoms with Gasteiger partial charge in [-0.25, -0.2) is 0 Å². The van der Waals surface area contributed by atoms with Gasteiger partial charge in [0.1, 0.15) is 72.4 Å². The maximum atomic E-state index is 7.55. The van der Waals surface area contributed by atoms with Crippen LogP contribution in [0.1, 0.15) is 327 Å². The molecule has 0 N–H and O–H groups in total. The van der Waals surface area contributed by atoms with Crippen molar-refractivity contribution in [1.29, 1.82) is 0 Å². The van der Waals surface area contributed by atoms with Gasteiger partial charge in [-0.15, -0.1) is 0 Å². The minimum Gasteiger partial charge on any atom is -0.493 e. The number of benzene rings is 8. The number of rotatable bonds is 8. The van der Waals surface area contributed by atoms with E-state index in [2.05, 4.69) is 291 Å². The Labute approximate surface area is 687 Å². The van der Waals surface area contributed by atoms with Crippen molar-refractivity contribution >= 4 is 0 Å². The highest BCUT2D eigenvalue weighted by atomic mass is 16.6. The molecular weight excluding hydrogens is 1410 g/mol. The minimum absolute atomic E-state index is 0.245. The maximum absolute atomic E-state index is 7.55. The van der Waals surface area contributed by atoms with Gasteiger partial charge in [0.25, 0.3) is 0 Å². The van der Waals surface area contributed by atoms with Crippen molar-refractivity contribution in [2.45, 2.75) is 289 Å². The van der Waals surface area contributed by atoms with E-state index in [1.807, 2.05) is 0 Å². The third-order valence-electron chi connectivity index (χ3n) is 23.0. The van der Waals surface area contributed by atoms with Crippen molar-refractivity contribution in [2.24, 2.45) is 0 Å². The first-order chi connectivity index (χ1) is 53.3. The first kappa shape index (κ1) is 86.9. The number of fused-ring (bicyclic) bond motifs is 12. The van der Waals surface area contributed by atoms with Crippen molar-refractivity contribution < 1.29 is 47.4 Å². The summed E-state index contributed by atoms with van der Waals surface area (Å²) in [5.41, 5.74) is 25.1. The molecule has 4 aliphatic heterocycles. The third kappa shape index (κ3) is 20.5. The zero-order chi connectivity index (χ0) is 83.0. The number of hydrogen-bond acceptors (Lipinski definition) is 10. The molecule has 4 aliphatic rings. The van der Waals surface area contributed by atoms with Crippen molar-refractivity contribution in [2.75, 3.05) is 79.3 Å². The molecule has 0 atom stereocenters. The molecule has 0 unspecified atom stereocenters. The highest BCUT2D eigenvalue weighted by molar-refractivity contribution is 5.63. The summed E-state index contributed by atoms with van der Waals surface area (Å²) >= 11 is 0. The van der Waals surface area contributed by atoms with E-state index >= 15 is 0 Å². The topological polar surface area (TPSA) is 92.3 Å². The molecule has 0 fully saturated rings. The van der Waals surface area contributed by atoms with Gasteiger partial charge in [0.05, 0.1) is 52.9 Å². The smallest absolute Gasteiger partial charge is 0.126 e. The van der Waals surface area contributed by atoms with Gasteiger partial charge in [0.15, 0.2) is 0 Å². The van der Waals surface area contributed by atoms with Crippen LogP contribution in [0.5, 0.6) is 46.0 Å². The molecule has 12 rings (SSSR count). The van der Waals surface area contributed by atoms with E-state index in [0.29, 0.717) is 104 Å². The molecule has 114 heavy (non-hydrogen) atoms. The van der Waals surface area contributed by atoms with E-state index in [4.69, 9.17) is 47.4 Å². The van der Waals surface area contributed by atoms with Gasteiger partial charge in [-0.05, 0) is 205 Å². The highest BCUT2D eigenvalue weighted by Gasteiger charge is 2.34. The van der Waals surface area contributed by atoms with Crippen LogP contribution in [0.2, 0.25) is 0 Å². The zero-order valence-electron chi connectivity index (χ0n) is 75.5. The summed E-state index contributed by atoms with van der Waals surface area (Å²) in [5, 5.41) is 0. The highest BCUT2D eigenvalue weighted by Crippen LogP contribution is 2.49. The van der Waals surface area contributed by atoms with Gasteiger partial charge in [-0.3, -0.25) is 0 Å². The molecule has 0 aliphatic carbocycles. The average molecular weight is 1550 g/mol. The van der Waals surface area contributed by atoms with E-state index in [1.54, 1.807) is 0 Å². The predicted molar refractivity (Wildman–Crippen MR) is 472 cm³/mol. The van der Waals surface area contributed by atoms with Crippen LogP contribution in [0.3, 0.4) is 0 Å². The second-order valence-electron chi connectivity index (χ2n) is 40.8. The van der Waals surface area contributed by atoms with E-state index in [1.165, 1.54) is 44.5 Å². The van der Waals surface area contributed by atoms with Gasteiger partial charge < -0.3 is 47.4 Å². The zero-order valence-corrected chi connectivity index (χ0v) is 75.5. The molecule has 8 aromatic carbocycles. The lowest BCUT2D eigenvalue weighted by molar-refractivity contribution is 0.0755. The minimum atomic E-state index is -0.259. The molecule has 0 saturated carbocycles. The van der Waals surface area contributed by atoms with E-state index in [9.17, 15) is 0 Å². The molecule has 0 amide bonds. The lowest BCUT2D eigenvalue weighted by Gasteiger charge is -2.29. The van der Waals surface area contributed by atoms with Crippen LogP contribution in [0.25, 0.3) is 0 Å². The van der Waals surface area contributed by atoms with Gasteiger partial charge in [-0.1, -0.05) is 263 Å². The Morgan fingerprint density at radius 3 is 0.430 bits per heavy atom. The van der Waals surface area contributed by atoms with E-state index in [0.717, 1.165) is 135 Å². The molecule has 0 spiro atoms. The monoisotopic (exact) mass is 1550 g/mol. The average Bonchev–Trinajstić information content (AvgIpc) is 0.769. The standard InChI is InChI=1S/C104H140O10/c1-29-107-89-65-41-73-57-85(101(17,18)19)59-75-43-67-51-82(98(8,9)10)53-69(90(67)108-30-2)45-77-61-87(103(23,24)25)63-79-47-71-55-84(100(14,15)16)56-72(92(71)110-32-4)48-80-64-88(104(26,27)28)62-78(96(80)114-40-36-105-33-37-111-93(73)75)46-70-54-83(99(11,12)13)52-68(91(70)109-31-3)44-76-60-86(102(20,21)22)58-74(42-66(89)50-81(49-65)97(5,6)7)94(76)112-38-34-106-35-39-113-95(77)79/h49-64H,29-48H2,1-28H3. The molecule has 20 bridgehead atoms. The van der Waals surface area contributed by atoms with Crippen LogP contribution in [0.15, 0.2) is 97.1 Å². The normalized spacial score (nSPS) is 15.3. The second kappa shape index (κ2) is 34.3. The van der Waals surface area contributed by atoms with Crippen molar-refractivity contribution in [1.82, 2.24) is 0 Å². The predicted octanol–water partition coefficient (Wildman–Crippen LogP) is 24.3. The summed E-state index contributed by atoms with van der Waals surface area (Å²) in [6.45, 7) is 68.7. The second-order valence-corrected chi connectivity index (χ2v) is 40.8. The molecule has 616 valence electrons. The van der Waals surface area contributed by atoms with Crippen LogP contribution in [0.4, 0.5) is 0 Å². The van der Waals surface area contributed by atoms with Gasteiger partial charge >= 0.3 is 0 Å². The fourth-order valence-corrected chi connectivity index (χ4v) is 16.3. The Bertz CT molecular complexity index is 3960. The summed E-state index contributed by atoms with van der Waals surface area (Å²) < 4.78 is 72.8. The van der Waals surface area contributed by atoms with Crippen LogP contribution in [0, 0.1) is 0 Å². The Hall–Kier alpha value is -7.92. The molecular formula is C104H140O10. The molecule has 0 aromatic heterocycles. The summed E-state index contributed by atoms with van der Waals surface area (Å²) in [6.07, 6.45) is 4.23. The summed E-state index contributed by atoms with van der Waals surface area (Å²) in [7, 11) is 0. The Morgan fingerprint density at radius 2 is 0.316 bits per heavy atom. The lowest BCUT2D eigenvalue weighted by Crippen LogP contribution is -2.19. The van der Waals surface area contributed by atoms with Crippen LogP contribution < -0.4 is 37.9 Å². The first-order valence-corrected chi connectivity index (χ1v) is 42.8. The molecule has 8 aromatic rings. The molecule has 10 nitrogen and oxygen atoms in total. The van der Waals surface area contributed by atoms with Crippen molar-refractivity contribution in [3.63, 3.8) is 0 Å². The fraction of sp³-hybridized carbons (Fsp3) is 0.538. The van der Waals surface area contributed by atoms with Crippen molar-refractivity contribution in [3.05, 3.63) is 231 Å². The van der Waals surface area contributed by atoms with Crippen LogP contribution in [-0.4, -0.2) is 79.3 Å². The Morgan fingerprint density at radius 1 is 0.193 bits per heavy atom. The van der Waals surface area contributed by atoms with Crippen molar-refractivity contribution in [3.8, 4) is 46.0 Å².